The number of ether oxygens (including phenoxy) is 1. The van der Waals surface area contributed by atoms with E-state index in [1.54, 1.807) is 18.2 Å². The van der Waals surface area contributed by atoms with E-state index in [-0.39, 0.29) is 17.6 Å². The van der Waals surface area contributed by atoms with Crippen molar-refractivity contribution in [3.05, 3.63) is 53.6 Å². The second-order valence-electron chi connectivity index (χ2n) is 8.81. The van der Waals surface area contributed by atoms with Crippen LogP contribution in [0.2, 0.25) is 0 Å². The zero-order chi connectivity index (χ0) is 23.3. The summed E-state index contributed by atoms with van der Waals surface area (Å²) in [5.41, 5.74) is 2.07. The predicted octanol–water partition coefficient (Wildman–Crippen LogP) is 4.88. The van der Waals surface area contributed by atoms with Crippen LogP contribution in [0.25, 0.3) is 0 Å². The first-order valence-corrected chi connectivity index (χ1v) is 12.2. The standard InChI is InChI=1S/C23H28N2O4.C4H8/c26-16-24-13-11-18-7-10-21(27)22(15-18)29-20-8-5-17(6-9-20)12-14-25-23(28)19-3-1-2-4-19;1-2-4-3-1/h5-10,15-16,19,27H,1-4,11-14H2,(H,24,26)(H,25,28);1-4H2. The molecule has 2 aliphatic rings. The third-order valence-corrected chi connectivity index (χ3v) is 6.26. The third kappa shape index (κ3) is 8.44. The number of amides is 2. The van der Waals surface area contributed by atoms with Crippen LogP contribution in [0.15, 0.2) is 42.5 Å². The molecule has 0 bridgehead atoms. The minimum absolute atomic E-state index is 0.0656. The van der Waals surface area contributed by atoms with Crippen LogP contribution in [0.5, 0.6) is 17.2 Å². The Bertz CT molecular complexity index is 868. The molecule has 2 aliphatic carbocycles. The van der Waals surface area contributed by atoms with E-state index in [0.29, 0.717) is 37.4 Å². The van der Waals surface area contributed by atoms with Gasteiger partial charge in [-0.1, -0.05) is 56.7 Å². The van der Waals surface area contributed by atoms with Crippen molar-refractivity contribution >= 4 is 12.3 Å². The molecule has 2 saturated carbocycles. The molecule has 2 aromatic carbocycles. The van der Waals surface area contributed by atoms with Crippen LogP contribution in [-0.4, -0.2) is 30.5 Å². The second-order valence-corrected chi connectivity index (χ2v) is 8.81. The first-order chi connectivity index (χ1) is 16.2. The summed E-state index contributed by atoms with van der Waals surface area (Å²) in [4.78, 5) is 22.4. The van der Waals surface area contributed by atoms with Gasteiger partial charge in [0.1, 0.15) is 5.75 Å². The number of nitrogens with one attached hydrogen (secondary N) is 2. The topological polar surface area (TPSA) is 87.7 Å². The van der Waals surface area contributed by atoms with Gasteiger partial charge in [0.15, 0.2) is 11.5 Å². The lowest BCUT2D eigenvalue weighted by Crippen LogP contribution is -2.30. The van der Waals surface area contributed by atoms with E-state index in [2.05, 4.69) is 10.6 Å². The van der Waals surface area contributed by atoms with Crippen LogP contribution in [-0.2, 0) is 22.4 Å². The van der Waals surface area contributed by atoms with Crippen molar-refractivity contribution in [1.29, 1.82) is 0 Å². The molecule has 0 atom stereocenters. The molecule has 6 heteroatoms. The van der Waals surface area contributed by atoms with Crippen molar-refractivity contribution < 1.29 is 19.4 Å². The summed E-state index contributed by atoms with van der Waals surface area (Å²) in [6.45, 7) is 1.16. The Morgan fingerprint density at radius 2 is 1.55 bits per heavy atom. The first-order valence-electron chi connectivity index (χ1n) is 12.2. The average molecular weight is 453 g/mol. The molecule has 0 spiro atoms. The van der Waals surface area contributed by atoms with E-state index in [1.165, 1.54) is 25.7 Å². The van der Waals surface area contributed by atoms with Gasteiger partial charge in [-0.05, 0) is 61.1 Å². The smallest absolute Gasteiger partial charge is 0.223 e. The van der Waals surface area contributed by atoms with Crippen LogP contribution < -0.4 is 15.4 Å². The van der Waals surface area contributed by atoms with Crippen molar-refractivity contribution in [3.8, 4) is 17.2 Å². The molecule has 2 fully saturated rings. The lowest BCUT2D eigenvalue weighted by molar-refractivity contribution is -0.124. The Kier molecular flexibility index (Phi) is 10.1. The Morgan fingerprint density at radius 3 is 2.18 bits per heavy atom. The van der Waals surface area contributed by atoms with E-state index in [9.17, 15) is 14.7 Å². The minimum atomic E-state index is 0.0656. The molecule has 2 aromatic rings. The van der Waals surface area contributed by atoms with Crippen LogP contribution in [0.3, 0.4) is 0 Å². The molecule has 3 N–H and O–H groups in total. The maximum atomic E-state index is 12.1. The number of hydrogen-bond acceptors (Lipinski definition) is 4. The molecule has 0 aromatic heterocycles. The fourth-order valence-corrected chi connectivity index (χ4v) is 3.83. The summed E-state index contributed by atoms with van der Waals surface area (Å²) in [7, 11) is 0. The van der Waals surface area contributed by atoms with Gasteiger partial charge in [-0.15, -0.1) is 0 Å². The zero-order valence-corrected chi connectivity index (χ0v) is 19.4. The van der Waals surface area contributed by atoms with E-state index < -0.39 is 0 Å². The largest absolute Gasteiger partial charge is 0.504 e. The second kappa shape index (κ2) is 13.5. The van der Waals surface area contributed by atoms with Gasteiger partial charge in [-0.25, -0.2) is 0 Å². The summed E-state index contributed by atoms with van der Waals surface area (Å²) >= 11 is 0. The van der Waals surface area contributed by atoms with E-state index in [1.807, 2.05) is 24.3 Å². The molecule has 33 heavy (non-hydrogen) atoms. The minimum Gasteiger partial charge on any atom is -0.504 e. The number of phenolic OH excluding ortho intramolecular Hbond substituents is 1. The molecule has 0 aliphatic heterocycles. The lowest BCUT2D eigenvalue weighted by atomic mass is 10.0. The molecule has 0 radical (unpaired) electrons. The highest BCUT2D eigenvalue weighted by Gasteiger charge is 2.21. The van der Waals surface area contributed by atoms with Crippen molar-refractivity contribution in [1.82, 2.24) is 10.6 Å². The number of benzene rings is 2. The lowest BCUT2D eigenvalue weighted by Gasteiger charge is -2.11. The van der Waals surface area contributed by atoms with Crippen molar-refractivity contribution in [2.45, 2.75) is 64.2 Å². The first kappa shape index (κ1) is 24.6. The maximum Gasteiger partial charge on any atom is 0.223 e. The number of rotatable bonds is 10. The Morgan fingerprint density at radius 1 is 0.909 bits per heavy atom. The Hall–Kier alpha value is -3.02. The van der Waals surface area contributed by atoms with Crippen molar-refractivity contribution in [3.63, 3.8) is 0 Å². The van der Waals surface area contributed by atoms with Gasteiger partial charge in [-0.2, -0.15) is 0 Å². The van der Waals surface area contributed by atoms with Gasteiger partial charge in [0.25, 0.3) is 0 Å². The number of carbonyl (C=O) groups is 2. The summed E-state index contributed by atoms with van der Waals surface area (Å²) in [6, 6.07) is 12.8. The van der Waals surface area contributed by atoms with Gasteiger partial charge in [0, 0.05) is 19.0 Å². The quantitative estimate of drug-likeness (QED) is 0.354. The van der Waals surface area contributed by atoms with Crippen molar-refractivity contribution in [2.24, 2.45) is 5.92 Å². The molecule has 0 unspecified atom stereocenters. The fourth-order valence-electron chi connectivity index (χ4n) is 3.83. The van der Waals surface area contributed by atoms with Crippen LogP contribution >= 0.6 is 0 Å². The Labute approximate surface area is 196 Å². The van der Waals surface area contributed by atoms with E-state index in [4.69, 9.17) is 4.74 Å². The van der Waals surface area contributed by atoms with Crippen LogP contribution in [0, 0.1) is 5.92 Å². The summed E-state index contributed by atoms with van der Waals surface area (Å²) in [5.74, 6) is 1.45. The predicted molar refractivity (Wildman–Crippen MR) is 130 cm³/mol. The van der Waals surface area contributed by atoms with Gasteiger partial charge >= 0.3 is 0 Å². The molecular formula is C27H36N2O4. The molecule has 178 valence electrons. The van der Waals surface area contributed by atoms with Gasteiger partial charge in [-0.3, -0.25) is 9.59 Å². The molecule has 0 saturated heterocycles. The fraction of sp³-hybridized carbons (Fsp3) is 0.481. The number of aromatic hydroxyl groups is 1. The van der Waals surface area contributed by atoms with Crippen molar-refractivity contribution in [2.75, 3.05) is 13.1 Å². The summed E-state index contributed by atoms with van der Waals surface area (Å²) in [6.07, 6.45) is 12.4. The average Bonchev–Trinajstić information content (AvgIpc) is 3.31. The highest BCUT2D eigenvalue weighted by molar-refractivity contribution is 5.78. The molecule has 0 heterocycles. The summed E-state index contributed by atoms with van der Waals surface area (Å²) in [5, 5.41) is 15.7. The molecule has 6 nitrogen and oxygen atoms in total. The highest BCUT2D eigenvalue weighted by atomic mass is 16.5. The SMILES string of the molecule is C1CCC1.O=CNCCc1ccc(O)c(Oc2ccc(CCNC(=O)C3CCCC3)cc2)c1. The van der Waals surface area contributed by atoms with Gasteiger partial charge in [0.2, 0.25) is 12.3 Å². The zero-order valence-electron chi connectivity index (χ0n) is 19.4. The normalized spacial score (nSPS) is 15.0. The van der Waals surface area contributed by atoms with Crippen LogP contribution in [0.4, 0.5) is 0 Å². The third-order valence-electron chi connectivity index (χ3n) is 6.26. The van der Waals surface area contributed by atoms with Crippen LogP contribution in [0.1, 0.15) is 62.5 Å². The van der Waals surface area contributed by atoms with E-state index in [0.717, 1.165) is 43.2 Å². The monoisotopic (exact) mass is 452 g/mol. The number of phenols is 1. The maximum absolute atomic E-state index is 12.1. The van der Waals surface area contributed by atoms with Gasteiger partial charge in [0.05, 0.1) is 0 Å². The Balaban J connectivity index is 0.000000690. The molecule has 4 rings (SSSR count). The van der Waals surface area contributed by atoms with Gasteiger partial charge < -0.3 is 20.5 Å². The highest BCUT2D eigenvalue weighted by Crippen LogP contribution is 2.32. The van der Waals surface area contributed by atoms with E-state index >= 15 is 0 Å². The summed E-state index contributed by atoms with van der Waals surface area (Å²) < 4.78 is 5.81. The number of carbonyl (C=O) groups excluding carboxylic acids is 2. The molecular weight excluding hydrogens is 416 g/mol. The molecule has 2 amide bonds. The number of hydrogen-bond donors (Lipinski definition) is 3.